The fourth-order valence-corrected chi connectivity index (χ4v) is 3.31. The normalized spacial score (nSPS) is 25.6. The Morgan fingerprint density at radius 3 is 2.65 bits per heavy atom. The average molecular weight is 296 g/mol. The number of nitrogens with two attached hydrogens (primary N) is 1. The van der Waals surface area contributed by atoms with Gasteiger partial charge in [0.05, 0.1) is 11.9 Å². The minimum Gasteiger partial charge on any atom is -0.384 e. The summed E-state index contributed by atoms with van der Waals surface area (Å²) in [6, 6.07) is 3.51. The zero-order chi connectivity index (χ0) is 13.2. The van der Waals surface area contributed by atoms with Crippen molar-refractivity contribution >= 4 is 29.8 Å². The second-order valence-electron chi connectivity index (χ2n) is 5.87. The number of anilines is 2. The number of amides is 1. The van der Waals surface area contributed by atoms with E-state index >= 15 is 0 Å². The Hall–Kier alpha value is -1.29. The number of pyridine rings is 1. The lowest BCUT2D eigenvalue weighted by atomic mass is 9.85. The molecular formula is C15H22ClN3O. The van der Waals surface area contributed by atoms with E-state index in [0.29, 0.717) is 11.7 Å². The van der Waals surface area contributed by atoms with Gasteiger partial charge in [-0.2, -0.15) is 0 Å². The molecule has 0 aromatic carbocycles. The molecule has 1 aromatic heterocycles. The average Bonchev–Trinajstić information content (AvgIpc) is 3.23. The molecule has 1 aromatic rings. The summed E-state index contributed by atoms with van der Waals surface area (Å²) in [6.45, 7) is 0. The summed E-state index contributed by atoms with van der Waals surface area (Å²) in [7, 11) is 0. The van der Waals surface area contributed by atoms with Crippen molar-refractivity contribution in [3.05, 3.63) is 18.3 Å². The minimum atomic E-state index is 0. The monoisotopic (exact) mass is 295 g/mol. The first-order chi connectivity index (χ1) is 9.24. The second kappa shape index (κ2) is 6.44. The first-order valence-corrected chi connectivity index (χ1v) is 7.26. The highest BCUT2D eigenvalue weighted by molar-refractivity contribution is 5.94. The Morgan fingerprint density at radius 1 is 1.25 bits per heavy atom. The number of aromatic nitrogens is 1. The van der Waals surface area contributed by atoms with Crippen LogP contribution >= 0.6 is 12.4 Å². The van der Waals surface area contributed by atoms with Gasteiger partial charge in [-0.15, -0.1) is 12.4 Å². The van der Waals surface area contributed by atoms with Crippen LogP contribution < -0.4 is 11.1 Å². The molecule has 2 aliphatic carbocycles. The molecule has 3 N–H and O–H groups in total. The van der Waals surface area contributed by atoms with Crippen LogP contribution in [0.2, 0.25) is 0 Å². The third kappa shape index (κ3) is 3.42. The number of halogens is 1. The number of nitrogens with one attached hydrogen (secondary N) is 1. The van der Waals surface area contributed by atoms with Crippen LogP contribution in [0.15, 0.2) is 18.3 Å². The molecule has 1 heterocycles. The van der Waals surface area contributed by atoms with Gasteiger partial charge in [0.1, 0.15) is 5.82 Å². The first kappa shape index (κ1) is 15.1. The van der Waals surface area contributed by atoms with Crippen LogP contribution in [0.5, 0.6) is 0 Å². The predicted molar refractivity (Wildman–Crippen MR) is 82.7 cm³/mol. The van der Waals surface area contributed by atoms with Crippen molar-refractivity contribution in [1.82, 2.24) is 4.98 Å². The number of hydrogen-bond donors (Lipinski definition) is 2. The predicted octanol–water partition coefficient (Wildman–Crippen LogP) is 3.24. The molecule has 0 spiro atoms. The Kier molecular flexibility index (Phi) is 4.86. The minimum absolute atomic E-state index is 0. The van der Waals surface area contributed by atoms with E-state index in [1.807, 2.05) is 0 Å². The SMILES string of the molecule is Cl.Nc1ccc(NC(=O)C2CC2C2CCCCC2)cn1. The van der Waals surface area contributed by atoms with Gasteiger partial charge in [-0.05, 0) is 30.4 Å². The second-order valence-corrected chi connectivity index (χ2v) is 5.87. The lowest BCUT2D eigenvalue weighted by Crippen LogP contribution is -2.18. The maximum Gasteiger partial charge on any atom is 0.227 e. The molecule has 2 fully saturated rings. The zero-order valence-corrected chi connectivity index (χ0v) is 12.4. The van der Waals surface area contributed by atoms with Crippen LogP contribution in [-0.4, -0.2) is 10.9 Å². The van der Waals surface area contributed by atoms with Gasteiger partial charge in [0, 0.05) is 5.92 Å². The van der Waals surface area contributed by atoms with Gasteiger partial charge < -0.3 is 11.1 Å². The summed E-state index contributed by atoms with van der Waals surface area (Å²) in [5, 5.41) is 2.94. The van der Waals surface area contributed by atoms with Crippen LogP contribution in [0.1, 0.15) is 38.5 Å². The quantitative estimate of drug-likeness (QED) is 0.899. The van der Waals surface area contributed by atoms with Gasteiger partial charge in [0.2, 0.25) is 5.91 Å². The number of hydrogen-bond acceptors (Lipinski definition) is 3. The fourth-order valence-electron chi connectivity index (χ4n) is 3.31. The Bertz CT molecular complexity index is 457. The molecule has 5 heteroatoms. The highest BCUT2D eigenvalue weighted by atomic mass is 35.5. The summed E-state index contributed by atoms with van der Waals surface area (Å²) < 4.78 is 0. The summed E-state index contributed by atoms with van der Waals surface area (Å²) in [5.74, 6) is 2.27. The maximum atomic E-state index is 12.1. The molecule has 0 aliphatic heterocycles. The van der Waals surface area contributed by atoms with E-state index in [1.165, 1.54) is 32.1 Å². The number of nitrogen functional groups attached to an aromatic ring is 1. The standard InChI is InChI=1S/C15H21N3O.ClH/c16-14-7-6-11(9-17-14)18-15(19)13-8-12(13)10-4-2-1-3-5-10;/h6-7,9-10,12-13H,1-5,8H2,(H2,16,17)(H,18,19);1H. The van der Waals surface area contributed by atoms with E-state index in [2.05, 4.69) is 10.3 Å². The van der Waals surface area contributed by atoms with Crippen LogP contribution in [0.3, 0.4) is 0 Å². The Morgan fingerprint density at radius 2 is 2.00 bits per heavy atom. The Balaban J connectivity index is 0.00000147. The molecule has 20 heavy (non-hydrogen) atoms. The molecule has 0 radical (unpaired) electrons. The number of nitrogens with zero attached hydrogens (tertiary/aromatic N) is 1. The van der Waals surface area contributed by atoms with E-state index in [-0.39, 0.29) is 24.2 Å². The Labute approximate surface area is 125 Å². The van der Waals surface area contributed by atoms with Gasteiger partial charge in [-0.1, -0.05) is 32.1 Å². The third-order valence-electron chi connectivity index (χ3n) is 4.49. The number of carbonyl (C=O) groups excluding carboxylic acids is 1. The molecule has 110 valence electrons. The molecule has 2 saturated carbocycles. The molecule has 0 bridgehead atoms. The number of carbonyl (C=O) groups is 1. The fraction of sp³-hybridized carbons (Fsp3) is 0.600. The first-order valence-electron chi connectivity index (χ1n) is 7.26. The van der Waals surface area contributed by atoms with Crippen molar-refractivity contribution in [2.45, 2.75) is 38.5 Å². The molecule has 0 saturated heterocycles. The van der Waals surface area contributed by atoms with E-state index in [4.69, 9.17) is 5.73 Å². The van der Waals surface area contributed by atoms with Gasteiger partial charge in [0.25, 0.3) is 0 Å². The zero-order valence-electron chi connectivity index (χ0n) is 11.5. The molecule has 3 rings (SSSR count). The summed E-state index contributed by atoms with van der Waals surface area (Å²) in [5.41, 5.74) is 6.27. The molecule has 2 atom stereocenters. The lowest BCUT2D eigenvalue weighted by Gasteiger charge is -2.21. The van der Waals surface area contributed by atoms with E-state index in [9.17, 15) is 4.79 Å². The number of rotatable bonds is 3. The van der Waals surface area contributed by atoms with Crippen molar-refractivity contribution in [2.75, 3.05) is 11.1 Å². The summed E-state index contributed by atoms with van der Waals surface area (Å²) >= 11 is 0. The van der Waals surface area contributed by atoms with Crippen molar-refractivity contribution in [3.8, 4) is 0 Å². The van der Waals surface area contributed by atoms with Crippen molar-refractivity contribution in [1.29, 1.82) is 0 Å². The molecule has 2 aliphatic rings. The highest BCUT2D eigenvalue weighted by Gasteiger charge is 2.47. The van der Waals surface area contributed by atoms with E-state index in [1.54, 1.807) is 18.3 Å². The molecule has 4 nitrogen and oxygen atoms in total. The van der Waals surface area contributed by atoms with Gasteiger partial charge in [0.15, 0.2) is 0 Å². The van der Waals surface area contributed by atoms with Crippen molar-refractivity contribution < 1.29 is 4.79 Å². The maximum absolute atomic E-state index is 12.1. The van der Waals surface area contributed by atoms with Crippen LogP contribution in [0.25, 0.3) is 0 Å². The summed E-state index contributed by atoms with van der Waals surface area (Å²) in [4.78, 5) is 16.1. The van der Waals surface area contributed by atoms with Gasteiger partial charge in [-0.3, -0.25) is 4.79 Å². The van der Waals surface area contributed by atoms with Crippen molar-refractivity contribution in [2.24, 2.45) is 17.8 Å². The molecule has 1 amide bonds. The largest absolute Gasteiger partial charge is 0.384 e. The summed E-state index contributed by atoms with van der Waals surface area (Å²) in [6.07, 6.45) is 9.38. The molecule has 2 unspecified atom stereocenters. The van der Waals surface area contributed by atoms with E-state index < -0.39 is 0 Å². The smallest absolute Gasteiger partial charge is 0.227 e. The van der Waals surface area contributed by atoms with Gasteiger partial charge >= 0.3 is 0 Å². The van der Waals surface area contributed by atoms with Gasteiger partial charge in [-0.25, -0.2) is 4.98 Å². The van der Waals surface area contributed by atoms with E-state index in [0.717, 1.165) is 18.0 Å². The van der Waals surface area contributed by atoms with Crippen LogP contribution in [0, 0.1) is 17.8 Å². The highest BCUT2D eigenvalue weighted by Crippen LogP contribution is 2.49. The molecular weight excluding hydrogens is 274 g/mol. The topological polar surface area (TPSA) is 68.0 Å². The third-order valence-corrected chi connectivity index (χ3v) is 4.49. The lowest BCUT2D eigenvalue weighted by molar-refractivity contribution is -0.117. The van der Waals surface area contributed by atoms with Crippen LogP contribution in [0.4, 0.5) is 11.5 Å². The van der Waals surface area contributed by atoms with Crippen molar-refractivity contribution in [3.63, 3.8) is 0 Å². The van der Waals surface area contributed by atoms with Crippen LogP contribution in [-0.2, 0) is 4.79 Å².